The summed E-state index contributed by atoms with van der Waals surface area (Å²) in [6.07, 6.45) is 1.33. The van der Waals surface area contributed by atoms with Gasteiger partial charge in [-0.2, -0.15) is 0 Å². The van der Waals surface area contributed by atoms with Crippen molar-refractivity contribution in [3.63, 3.8) is 0 Å². The molecule has 0 bridgehead atoms. The Bertz CT molecular complexity index is 320. The zero-order valence-electron chi connectivity index (χ0n) is 8.96. The quantitative estimate of drug-likeness (QED) is 0.428. The number of rotatable bonds is 6. The van der Waals surface area contributed by atoms with E-state index in [0.29, 0.717) is 17.6 Å². The van der Waals surface area contributed by atoms with E-state index in [1.807, 2.05) is 12.1 Å². The molecular weight excluding hydrogens is 248 g/mol. The molecule has 1 rings (SSSR count). The first-order chi connectivity index (χ1) is 7.13. The molecule has 0 unspecified atom stereocenters. The lowest BCUT2D eigenvalue weighted by molar-refractivity contribution is 0.0986. The van der Waals surface area contributed by atoms with Crippen LogP contribution in [0.5, 0.6) is 0 Å². The molecule has 0 saturated heterocycles. The van der Waals surface area contributed by atoms with E-state index in [1.165, 1.54) is 4.21 Å². The van der Waals surface area contributed by atoms with Crippen LogP contribution in [0.4, 0.5) is 0 Å². The summed E-state index contributed by atoms with van der Waals surface area (Å²) in [5.74, 6) is 0.779. The largest absolute Gasteiger partial charge is 0.293 e. The summed E-state index contributed by atoms with van der Waals surface area (Å²) < 4.78 is 1.22. The minimum Gasteiger partial charge on any atom is -0.293 e. The summed E-state index contributed by atoms with van der Waals surface area (Å²) in [5.41, 5.74) is 0. The second-order valence-corrected chi connectivity index (χ2v) is 6.84. The molecule has 15 heavy (non-hydrogen) atoms. The van der Waals surface area contributed by atoms with Crippen LogP contribution in [0.2, 0.25) is 0 Å². The number of thioether (sulfide) groups is 1. The predicted molar refractivity (Wildman–Crippen MR) is 69.6 cm³/mol. The number of carbonyl (C=O) groups is 1. The van der Waals surface area contributed by atoms with Gasteiger partial charge in [-0.3, -0.25) is 4.79 Å². The summed E-state index contributed by atoms with van der Waals surface area (Å²) in [6, 6.07) is 3.95. The molecule has 1 heterocycles. The Kier molecular flexibility index (Phi) is 5.72. The lowest BCUT2D eigenvalue weighted by Gasteiger charge is -1.99. The fourth-order valence-corrected chi connectivity index (χ4v) is 3.61. The van der Waals surface area contributed by atoms with Crippen molar-refractivity contribution in [3.05, 3.63) is 17.0 Å². The maximum atomic E-state index is 11.6. The van der Waals surface area contributed by atoms with E-state index in [1.54, 1.807) is 23.1 Å². The third-order valence-electron chi connectivity index (χ3n) is 1.75. The fourth-order valence-electron chi connectivity index (χ4n) is 1.12. The van der Waals surface area contributed by atoms with Crippen LogP contribution in [-0.2, 0) is 0 Å². The summed E-state index contributed by atoms with van der Waals surface area (Å²) in [4.78, 5) is 12.5. The molecule has 0 spiro atoms. The van der Waals surface area contributed by atoms with Crippen LogP contribution >= 0.6 is 34.7 Å². The number of carbonyl (C=O) groups excluding carboxylic acids is 1. The molecule has 84 valence electrons. The maximum absolute atomic E-state index is 11.6. The Hall–Kier alpha value is 0.01000. The predicted octanol–water partition coefficient (Wildman–Crippen LogP) is 4.45. The second kappa shape index (κ2) is 6.56. The minimum atomic E-state index is 0.219. The molecule has 0 aromatic carbocycles. The Morgan fingerprint density at radius 2 is 2.27 bits per heavy atom. The average molecular weight is 263 g/mol. The SMILES string of the molecule is CC(C)Sc1ccc(C(=O)CCCCl)s1. The van der Waals surface area contributed by atoms with Crippen LogP contribution in [0, 0.1) is 0 Å². The summed E-state index contributed by atoms with van der Waals surface area (Å²) >= 11 is 8.95. The first kappa shape index (κ1) is 13.1. The summed E-state index contributed by atoms with van der Waals surface area (Å²) in [6.45, 7) is 4.30. The summed E-state index contributed by atoms with van der Waals surface area (Å²) in [5, 5.41) is 0.564. The normalized spacial score (nSPS) is 10.9. The summed E-state index contributed by atoms with van der Waals surface area (Å²) in [7, 11) is 0. The fraction of sp³-hybridized carbons (Fsp3) is 0.545. The zero-order valence-corrected chi connectivity index (χ0v) is 11.3. The van der Waals surface area contributed by atoms with Crippen LogP contribution in [-0.4, -0.2) is 16.9 Å². The van der Waals surface area contributed by atoms with E-state index >= 15 is 0 Å². The highest BCUT2D eigenvalue weighted by molar-refractivity contribution is 8.01. The van der Waals surface area contributed by atoms with Crippen LogP contribution < -0.4 is 0 Å². The highest BCUT2D eigenvalue weighted by Crippen LogP contribution is 2.30. The first-order valence-electron chi connectivity index (χ1n) is 4.99. The molecule has 0 aliphatic heterocycles. The van der Waals surface area contributed by atoms with Gasteiger partial charge in [0.05, 0.1) is 9.09 Å². The van der Waals surface area contributed by atoms with Crippen molar-refractivity contribution in [2.75, 3.05) is 5.88 Å². The highest BCUT2D eigenvalue weighted by atomic mass is 35.5. The number of ketones is 1. The number of thiophene rings is 1. The van der Waals surface area contributed by atoms with Crippen molar-refractivity contribution in [1.29, 1.82) is 0 Å². The molecule has 1 nitrogen and oxygen atoms in total. The molecule has 0 amide bonds. The molecule has 0 radical (unpaired) electrons. The topological polar surface area (TPSA) is 17.1 Å². The molecule has 1 aromatic heterocycles. The lowest BCUT2D eigenvalue weighted by atomic mass is 10.2. The monoisotopic (exact) mass is 262 g/mol. The molecule has 0 aliphatic rings. The molecule has 0 aliphatic carbocycles. The number of alkyl halides is 1. The third kappa shape index (κ3) is 4.58. The van der Waals surface area contributed by atoms with Crippen molar-refractivity contribution >= 4 is 40.5 Å². The van der Waals surface area contributed by atoms with Gasteiger partial charge in [-0.05, 0) is 18.6 Å². The smallest absolute Gasteiger partial charge is 0.172 e. The Morgan fingerprint density at radius 3 is 2.87 bits per heavy atom. The van der Waals surface area contributed by atoms with Crippen molar-refractivity contribution in [3.8, 4) is 0 Å². The van der Waals surface area contributed by atoms with E-state index in [9.17, 15) is 4.79 Å². The van der Waals surface area contributed by atoms with Gasteiger partial charge in [0.15, 0.2) is 5.78 Å². The zero-order chi connectivity index (χ0) is 11.3. The van der Waals surface area contributed by atoms with Gasteiger partial charge < -0.3 is 0 Å². The van der Waals surface area contributed by atoms with E-state index in [2.05, 4.69) is 13.8 Å². The number of hydrogen-bond donors (Lipinski definition) is 0. The van der Waals surface area contributed by atoms with Gasteiger partial charge in [0, 0.05) is 17.6 Å². The second-order valence-electron chi connectivity index (χ2n) is 3.50. The van der Waals surface area contributed by atoms with Gasteiger partial charge in [-0.25, -0.2) is 0 Å². The minimum absolute atomic E-state index is 0.219. The standard InChI is InChI=1S/C11H15ClOS2/c1-8(2)14-11-6-5-10(15-11)9(13)4-3-7-12/h5-6,8H,3-4,7H2,1-2H3. The number of hydrogen-bond acceptors (Lipinski definition) is 3. The van der Waals surface area contributed by atoms with Crippen molar-refractivity contribution in [1.82, 2.24) is 0 Å². The van der Waals surface area contributed by atoms with E-state index in [4.69, 9.17) is 11.6 Å². The molecule has 0 fully saturated rings. The van der Waals surface area contributed by atoms with Crippen LogP contribution in [0.15, 0.2) is 16.3 Å². The van der Waals surface area contributed by atoms with Crippen molar-refractivity contribution in [2.24, 2.45) is 0 Å². The van der Waals surface area contributed by atoms with Gasteiger partial charge in [0.1, 0.15) is 0 Å². The van der Waals surface area contributed by atoms with Gasteiger partial charge >= 0.3 is 0 Å². The number of Topliss-reactive ketones (excluding diaryl/α,β-unsaturated/α-hetero) is 1. The first-order valence-corrected chi connectivity index (χ1v) is 7.22. The maximum Gasteiger partial charge on any atom is 0.172 e. The molecular formula is C11H15ClOS2. The van der Waals surface area contributed by atoms with Crippen LogP contribution in [0.25, 0.3) is 0 Å². The molecule has 0 saturated carbocycles. The lowest BCUT2D eigenvalue weighted by Crippen LogP contribution is -1.95. The van der Waals surface area contributed by atoms with Crippen LogP contribution in [0.3, 0.4) is 0 Å². The van der Waals surface area contributed by atoms with E-state index in [0.717, 1.165) is 11.3 Å². The van der Waals surface area contributed by atoms with Crippen LogP contribution in [0.1, 0.15) is 36.4 Å². The van der Waals surface area contributed by atoms with Gasteiger partial charge in [-0.1, -0.05) is 13.8 Å². The van der Waals surface area contributed by atoms with Gasteiger partial charge in [0.25, 0.3) is 0 Å². The van der Waals surface area contributed by atoms with Crippen molar-refractivity contribution in [2.45, 2.75) is 36.1 Å². The molecule has 4 heteroatoms. The Labute approximate surface area is 104 Å². The van der Waals surface area contributed by atoms with E-state index in [-0.39, 0.29) is 5.78 Å². The Balaban J connectivity index is 2.55. The highest BCUT2D eigenvalue weighted by Gasteiger charge is 2.09. The molecule has 1 aromatic rings. The Morgan fingerprint density at radius 1 is 1.53 bits per heavy atom. The average Bonchev–Trinajstić information content (AvgIpc) is 2.61. The van der Waals surface area contributed by atoms with Gasteiger partial charge in [0.2, 0.25) is 0 Å². The molecule has 0 atom stereocenters. The van der Waals surface area contributed by atoms with E-state index < -0.39 is 0 Å². The van der Waals surface area contributed by atoms with Gasteiger partial charge in [-0.15, -0.1) is 34.7 Å². The number of halogens is 1. The third-order valence-corrected chi connectivity index (χ3v) is 4.31. The molecule has 0 N–H and O–H groups in total. The van der Waals surface area contributed by atoms with Crippen molar-refractivity contribution < 1.29 is 4.79 Å².